The Morgan fingerprint density at radius 3 is 2.62 bits per heavy atom. The van der Waals surface area contributed by atoms with Crippen molar-refractivity contribution in [3.8, 4) is 11.4 Å². The Morgan fingerprint density at radius 2 is 1.79 bits per heavy atom. The first-order chi connectivity index (χ1) is 16.7. The highest BCUT2D eigenvalue weighted by Gasteiger charge is 2.20. The Morgan fingerprint density at radius 1 is 1.00 bits per heavy atom. The lowest BCUT2D eigenvalue weighted by Gasteiger charge is -2.34. The minimum atomic E-state index is -0.278. The number of hydrogen-bond acceptors (Lipinski definition) is 9. The van der Waals surface area contributed by atoms with E-state index < -0.39 is 0 Å². The predicted octanol–water partition coefficient (Wildman–Crippen LogP) is 2.67. The highest BCUT2D eigenvalue weighted by Crippen LogP contribution is 2.36. The third kappa shape index (κ3) is 3.61. The maximum Gasteiger partial charge on any atom is 0.299 e. The SMILES string of the molecule is CN1CCN(c2ccc(-n3oc4nccc(Nc5cncc6c5NCCO6)c4c3=O)cc2)CC1. The fourth-order valence-electron chi connectivity index (χ4n) is 4.40. The Balaban J connectivity index is 1.33. The van der Waals surface area contributed by atoms with E-state index in [0.717, 1.165) is 37.6 Å². The van der Waals surface area contributed by atoms with Gasteiger partial charge in [0.15, 0.2) is 5.75 Å². The van der Waals surface area contributed by atoms with Crippen molar-refractivity contribution < 1.29 is 9.26 Å². The van der Waals surface area contributed by atoms with Gasteiger partial charge in [-0.1, -0.05) is 0 Å². The number of piperazine rings is 1. The van der Waals surface area contributed by atoms with E-state index in [4.69, 9.17) is 9.26 Å². The average Bonchev–Trinajstić information content (AvgIpc) is 3.22. The number of benzene rings is 1. The molecule has 0 amide bonds. The van der Waals surface area contributed by atoms with Crippen molar-refractivity contribution in [1.82, 2.24) is 19.6 Å². The molecule has 4 aromatic rings. The second-order valence-corrected chi connectivity index (χ2v) is 8.50. The van der Waals surface area contributed by atoms with Crippen molar-refractivity contribution in [2.45, 2.75) is 0 Å². The summed E-state index contributed by atoms with van der Waals surface area (Å²) < 4.78 is 12.8. The molecule has 0 radical (unpaired) electrons. The lowest BCUT2D eigenvalue weighted by atomic mass is 10.2. The molecule has 5 heterocycles. The van der Waals surface area contributed by atoms with Crippen LogP contribution in [0.3, 0.4) is 0 Å². The zero-order valence-electron chi connectivity index (χ0n) is 18.8. The van der Waals surface area contributed by atoms with Crippen molar-refractivity contribution in [3.63, 3.8) is 0 Å². The molecule has 0 aliphatic carbocycles. The van der Waals surface area contributed by atoms with Gasteiger partial charge in [0.2, 0.25) is 0 Å². The van der Waals surface area contributed by atoms with Crippen LogP contribution >= 0.6 is 0 Å². The molecule has 0 atom stereocenters. The molecule has 0 saturated carbocycles. The lowest BCUT2D eigenvalue weighted by Crippen LogP contribution is -2.44. The van der Waals surface area contributed by atoms with Crippen LogP contribution in [0.15, 0.2) is 58.2 Å². The molecule has 2 aliphatic heterocycles. The molecule has 0 unspecified atom stereocenters. The number of likely N-dealkylation sites (N-methyl/N-ethyl adjacent to an activating group) is 1. The fourth-order valence-corrected chi connectivity index (χ4v) is 4.40. The summed E-state index contributed by atoms with van der Waals surface area (Å²) >= 11 is 0. The van der Waals surface area contributed by atoms with Gasteiger partial charge < -0.3 is 29.7 Å². The number of ether oxygens (including phenoxy) is 1. The standard InChI is InChI=1S/C24H25N7O3/c1-29-9-11-30(12-10-29)16-2-4-17(5-3-16)31-24(32)21-18(6-7-27-23(21)34-31)28-19-14-25-15-20-22(19)26-8-13-33-20/h2-7,14-15,26H,8-13H2,1H3,(H,27,28). The molecule has 6 rings (SSSR count). The number of pyridine rings is 2. The van der Waals surface area contributed by atoms with Crippen molar-refractivity contribution in [1.29, 1.82) is 0 Å². The topological polar surface area (TPSA) is 101 Å². The van der Waals surface area contributed by atoms with E-state index in [1.807, 2.05) is 24.3 Å². The molecule has 1 aromatic carbocycles. The summed E-state index contributed by atoms with van der Waals surface area (Å²) in [6.45, 7) is 5.31. The van der Waals surface area contributed by atoms with Crippen LogP contribution in [-0.2, 0) is 0 Å². The summed E-state index contributed by atoms with van der Waals surface area (Å²) in [6.07, 6.45) is 4.98. The number of fused-ring (bicyclic) bond motifs is 2. The molecule has 34 heavy (non-hydrogen) atoms. The van der Waals surface area contributed by atoms with E-state index in [1.165, 1.54) is 4.74 Å². The van der Waals surface area contributed by atoms with Crippen LogP contribution in [0.25, 0.3) is 16.8 Å². The third-order valence-corrected chi connectivity index (χ3v) is 6.29. The summed E-state index contributed by atoms with van der Waals surface area (Å²) in [5, 5.41) is 7.01. The van der Waals surface area contributed by atoms with E-state index in [9.17, 15) is 4.79 Å². The summed E-state index contributed by atoms with van der Waals surface area (Å²) in [4.78, 5) is 26.6. The Hall–Kier alpha value is -4.05. The smallest absolute Gasteiger partial charge is 0.299 e. The van der Waals surface area contributed by atoms with E-state index in [2.05, 4.69) is 37.4 Å². The van der Waals surface area contributed by atoms with Crippen molar-refractivity contribution >= 4 is 33.8 Å². The Labute approximate surface area is 195 Å². The first-order valence-electron chi connectivity index (χ1n) is 11.3. The second kappa shape index (κ2) is 8.38. The number of rotatable bonds is 4. The van der Waals surface area contributed by atoms with Crippen molar-refractivity contribution in [3.05, 3.63) is 59.3 Å². The van der Waals surface area contributed by atoms with E-state index in [1.54, 1.807) is 24.7 Å². The number of hydrogen-bond donors (Lipinski definition) is 2. The van der Waals surface area contributed by atoms with E-state index in [-0.39, 0.29) is 11.3 Å². The van der Waals surface area contributed by atoms with Gasteiger partial charge in [0.05, 0.1) is 29.5 Å². The van der Waals surface area contributed by atoms with Gasteiger partial charge in [-0.15, -0.1) is 4.74 Å². The molecule has 2 aliphatic rings. The van der Waals surface area contributed by atoms with Crippen LogP contribution in [-0.4, -0.2) is 66.0 Å². The molecular weight excluding hydrogens is 434 g/mol. The molecule has 1 fully saturated rings. The molecule has 2 N–H and O–H groups in total. The molecular formula is C24H25N7O3. The van der Waals surface area contributed by atoms with E-state index in [0.29, 0.717) is 41.3 Å². The molecule has 10 nitrogen and oxygen atoms in total. The largest absolute Gasteiger partial charge is 0.488 e. The average molecular weight is 460 g/mol. The zero-order valence-corrected chi connectivity index (χ0v) is 18.8. The molecule has 0 spiro atoms. The first-order valence-corrected chi connectivity index (χ1v) is 11.3. The van der Waals surface area contributed by atoms with Crippen LogP contribution in [0, 0.1) is 0 Å². The number of aromatic nitrogens is 3. The van der Waals surface area contributed by atoms with Crippen molar-refractivity contribution in [2.75, 3.05) is 61.9 Å². The zero-order chi connectivity index (χ0) is 23.1. The van der Waals surface area contributed by atoms with Crippen LogP contribution in [0.5, 0.6) is 5.75 Å². The normalized spacial score (nSPS) is 16.1. The third-order valence-electron chi connectivity index (χ3n) is 6.29. The van der Waals surface area contributed by atoms with Gasteiger partial charge in [-0.2, -0.15) is 0 Å². The monoisotopic (exact) mass is 459 g/mol. The fraction of sp³-hybridized carbons (Fsp3) is 0.292. The number of anilines is 4. The minimum absolute atomic E-state index is 0.264. The van der Waals surface area contributed by atoms with Gasteiger partial charge >= 0.3 is 0 Å². The molecule has 10 heteroatoms. The number of nitrogens with one attached hydrogen (secondary N) is 2. The van der Waals surface area contributed by atoms with Gasteiger partial charge in [-0.3, -0.25) is 9.78 Å². The minimum Gasteiger partial charge on any atom is -0.488 e. The quantitative estimate of drug-likeness (QED) is 0.477. The van der Waals surface area contributed by atoms with Gasteiger partial charge in [-0.05, 0) is 37.4 Å². The molecule has 3 aromatic heterocycles. The van der Waals surface area contributed by atoms with Crippen LogP contribution in [0.1, 0.15) is 0 Å². The predicted molar refractivity (Wildman–Crippen MR) is 131 cm³/mol. The maximum absolute atomic E-state index is 13.4. The second-order valence-electron chi connectivity index (χ2n) is 8.50. The van der Waals surface area contributed by atoms with Crippen LogP contribution in [0.2, 0.25) is 0 Å². The summed E-state index contributed by atoms with van der Waals surface area (Å²) in [7, 11) is 2.14. The molecule has 174 valence electrons. The molecule has 0 bridgehead atoms. The molecule has 1 saturated heterocycles. The summed E-state index contributed by atoms with van der Waals surface area (Å²) in [5.41, 5.74) is 3.90. The Bertz CT molecular complexity index is 1390. The van der Waals surface area contributed by atoms with Gasteiger partial charge in [0.25, 0.3) is 11.3 Å². The highest BCUT2D eigenvalue weighted by atomic mass is 16.5. The first kappa shape index (κ1) is 20.5. The lowest BCUT2D eigenvalue weighted by molar-refractivity contribution is 0.313. The Kier molecular flexibility index (Phi) is 5.06. The van der Waals surface area contributed by atoms with Gasteiger partial charge in [0.1, 0.15) is 17.7 Å². The summed E-state index contributed by atoms with van der Waals surface area (Å²) in [5.74, 6) is 0.673. The van der Waals surface area contributed by atoms with Crippen LogP contribution in [0.4, 0.5) is 22.7 Å². The highest BCUT2D eigenvalue weighted by molar-refractivity contribution is 5.91. The van der Waals surface area contributed by atoms with Gasteiger partial charge in [0, 0.05) is 44.6 Å². The van der Waals surface area contributed by atoms with Crippen molar-refractivity contribution in [2.24, 2.45) is 0 Å². The van der Waals surface area contributed by atoms with E-state index >= 15 is 0 Å². The number of nitrogens with zero attached hydrogens (tertiary/aromatic N) is 5. The summed E-state index contributed by atoms with van der Waals surface area (Å²) in [6, 6.07) is 9.62. The van der Waals surface area contributed by atoms with Gasteiger partial charge in [-0.25, -0.2) is 4.98 Å². The maximum atomic E-state index is 13.4. The van der Waals surface area contributed by atoms with Crippen LogP contribution < -0.4 is 25.8 Å².